The van der Waals surface area contributed by atoms with Crippen LogP contribution < -0.4 is 5.32 Å². The Bertz CT molecular complexity index is 680. The van der Waals surface area contributed by atoms with Crippen molar-refractivity contribution < 1.29 is 23.9 Å². The standard InChI is InChI=1S/C19H28N2O5/c1-5-25-18(23)16-12(3)17(20-13(16)4)19(24)26-10-15(22)21-14-9-7-6-8-11(14)2/h11,14,20H,5-10H2,1-4H3,(H,21,22). The molecule has 1 amide bonds. The van der Waals surface area contributed by atoms with Crippen LogP contribution in [0.2, 0.25) is 0 Å². The fourth-order valence-corrected chi connectivity index (χ4v) is 3.45. The number of hydrogen-bond donors (Lipinski definition) is 2. The van der Waals surface area contributed by atoms with Crippen LogP contribution >= 0.6 is 0 Å². The molecule has 1 heterocycles. The van der Waals surface area contributed by atoms with Gasteiger partial charge in [0, 0.05) is 11.7 Å². The van der Waals surface area contributed by atoms with Crippen LogP contribution in [0.15, 0.2) is 0 Å². The van der Waals surface area contributed by atoms with E-state index in [1.165, 1.54) is 6.42 Å². The Morgan fingerprint density at radius 2 is 1.81 bits per heavy atom. The Labute approximate surface area is 153 Å². The van der Waals surface area contributed by atoms with Gasteiger partial charge in [-0.25, -0.2) is 9.59 Å². The average molecular weight is 364 g/mol. The molecule has 1 aromatic heterocycles. The zero-order valence-electron chi connectivity index (χ0n) is 15.9. The first-order valence-corrected chi connectivity index (χ1v) is 9.17. The largest absolute Gasteiger partial charge is 0.462 e. The van der Waals surface area contributed by atoms with Crippen molar-refractivity contribution in [2.45, 2.75) is 59.4 Å². The molecule has 2 N–H and O–H groups in total. The zero-order chi connectivity index (χ0) is 19.3. The molecular weight excluding hydrogens is 336 g/mol. The Balaban J connectivity index is 1.94. The number of carbonyl (C=O) groups excluding carboxylic acids is 3. The van der Waals surface area contributed by atoms with Gasteiger partial charge in [-0.1, -0.05) is 19.8 Å². The van der Waals surface area contributed by atoms with Crippen molar-refractivity contribution in [3.8, 4) is 0 Å². The summed E-state index contributed by atoms with van der Waals surface area (Å²) in [6, 6.07) is 0.139. The SMILES string of the molecule is CCOC(=O)c1c(C)[nH]c(C(=O)OCC(=O)NC2CCCCC2C)c1C. The minimum atomic E-state index is -0.659. The molecule has 1 aliphatic rings. The van der Waals surface area contributed by atoms with Crippen molar-refractivity contribution in [3.63, 3.8) is 0 Å². The minimum absolute atomic E-state index is 0.139. The first-order chi connectivity index (χ1) is 12.3. The lowest BCUT2D eigenvalue weighted by Crippen LogP contribution is -2.42. The van der Waals surface area contributed by atoms with Gasteiger partial charge in [-0.3, -0.25) is 4.79 Å². The van der Waals surface area contributed by atoms with Crippen LogP contribution in [0.4, 0.5) is 0 Å². The second-order valence-electron chi connectivity index (χ2n) is 6.86. The number of aromatic nitrogens is 1. The number of ether oxygens (including phenoxy) is 2. The van der Waals surface area contributed by atoms with E-state index in [9.17, 15) is 14.4 Å². The van der Waals surface area contributed by atoms with Crippen LogP contribution in [0.3, 0.4) is 0 Å². The maximum atomic E-state index is 12.3. The molecule has 0 radical (unpaired) electrons. The number of carbonyl (C=O) groups is 3. The van der Waals surface area contributed by atoms with Crippen molar-refractivity contribution in [1.82, 2.24) is 10.3 Å². The summed E-state index contributed by atoms with van der Waals surface area (Å²) in [6.45, 7) is 7.09. The number of rotatable bonds is 6. The van der Waals surface area contributed by atoms with Crippen LogP contribution in [-0.2, 0) is 14.3 Å². The van der Waals surface area contributed by atoms with Gasteiger partial charge < -0.3 is 19.8 Å². The van der Waals surface area contributed by atoms with E-state index in [1.807, 2.05) is 0 Å². The van der Waals surface area contributed by atoms with Gasteiger partial charge in [-0.05, 0) is 45.1 Å². The van der Waals surface area contributed by atoms with E-state index < -0.39 is 11.9 Å². The van der Waals surface area contributed by atoms with Crippen LogP contribution in [0.5, 0.6) is 0 Å². The predicted molar refractivity (Wildman–Crippen MR) is 96.1 cm³/mol. The van der Waals surface area contributed by atoms with Crippen LogP contribution in [0.25, 0.3) is 0 Å². The highest BCUT2D eigenvalue weighted by molar-refractivity contribution is 5.99. The molecule has 1 fully saturated rings. The molecule has 1 aliphatic carbocycles. The third-order valence-electron chi connectivity index (χ3n) is 4.91. The fourth-order valence-electron chi connectivity index (χ4n) is 3.45. The first-order valence-electron chi connectivity index (χ1n) is 9.17. The summed E-state index contributed by atoms with van der Waals surface area (Å²) in [7, 11) is 0. The Morgan fingerprint density at radius 3 is 2.46 bits per heavy atom. The molecule has 2 unspecified atom stereocenters. The first kappa shape index (κ1) is 20.0. The Kier molecular flexibility index (Phi) is 6.83. The van der Waals surface area contributed by atoms with Crippen molar-refractivity contribution in [1.29, 1.82) is 0 Å². The normalized spacial score (nSPS) is 19.7. The molecule has 1 saturated carbocycles. The summed E-state index contributed by atoms with van der Waals surface area (Å²) < 4.78 is 10.1. The zero-order valence-corrected chi connectivity index (χ0v) is 15.9. The van der Waals surface area contributed by atoms with E-state index in [0.717, 1.165) is 19.3 Å². The van der Waals surface area contributed by atoms with Crippen LogP contribution in [-0.4, -0.2) is 42.1 Å². The molecule has 2 atom stereocenters. The van der Waals surface area contributed by atoms with E-state index in [0.29, 0.717) is 22.7 Å². The molecule has 7 nitrogen and oxygen atoms in total. The smallest absolute Gasteiger partial charge is 0.355 e. The maximum absolute atomic E-state index is 12.3. The highest BCUT2D eigenvalue weighted by Gasteiger charge is 2.26. The third-order valence-corrected chi connectivity index (χ3v) is 4.91. The topological polar surface area (TPSA) is 97.5 Å². The number of amides is 1. The van der Waals surface area contributed by atoms with Gasteiger partial charge in [-0.2, -0.15) is 0 Å². The number of nitrogens with one attached hydrogen (secondary N) is 2. The van der Waals surface area contributed by atoms with Gasteiger partial charge in [-0.15, -0.1) is 0 Å². The summed E-state index contributed by atoms with van der Waals surface area (Å²) in [4.78, 5) is 39.2. The van der Waals surface area contributed by atoms with Crippen molar-refractivity contribution >= 4 is 17.8 Å². The molecule has 144 valence electrons. The summed E-state index contributed by atoms with van der Waals surface area (Å²) in [6.07, 6.45) is 4.35. The molecule has 26 heavy (non-hydrogen) atoms. The highest BCUT2D eigenvalue weighted by Crippen LogP contribution is 2.23. The molecule has 0 aliphatic heterocycles. The van der Waals surface area contributed by atoms with E-state index >= 15 is 0 Å². The highest BCUT2D eigenvalue weighted by atomic mass is 16.5. The molecule has 1 aromatic rings. The number of hydrogen-bond acceptors (Lipinski definition) is 5. The van der Waals surface area contributed by atoms with Crippen molar-refractivity contribution in [3.05, 3.63) is 22.5 Å². The number of esters is 2. The second kappa shape index (κ2) is 8.87. The van der Waals surface area contributed by atoms with Crippen LogP contribution in [0.1, 0.15) is 71.6 Å². The second-order valence-corrected chi connectivity index (χ2v) is 6.86. The third kappa shape index (κ3) is 4.65. The summed E-state index contributed by atoms with van der Waals surface area (Å²) in [5, 5.41) is 2.94. The van der Waals surface area contributed by atoms with Gasteiger partial charge in [0.2, 0.25) is 0 Å². The van der Waals surface area contributed by atoms with Gasteiger partial charge in [0.15, 0.2) is 6.61 Å². The molecule has 0 bridgehead atoms. The summed E-state index contributed by atoms with van der Waals surface area (Å²) >= 11 is 0. The predicted octanol–water partition coefficient (Wildman–Crippen LogP) is 2.66. The van der Waals surface area contributed by atoms with Gasteiger partial charge >= 0.3 is 11.9 Å². The maximum Gasteiger partial charge on any atom is 0.355 e. The summed E-state index contributed by atoms with van der Waals surface area (Å²) in [5.74, 6) is -1.01. The Hall–Kier alpha value is -2.31. The molecule has 0 saturated heterocycles. The lowest BCUT2D eigenvalue weighted by Gasteiger charge is -2.29. The van der Waals surface area contributed by atoms with E-state index in [4.69, 9.17) is 9.47 Å². The minimum Gasteiger partial charge on any atom is -0.462 e. The molecule has 2 rings (SSSR count). The van der Waals surface area contributed by atoms with E-state index in [1.54, 1.807) is 20.8 Å². The molecule has 0 spiro atoms. The number of H-pyrrole nitrogens is 1. The Morgan fingerprint density at radius 1 is 1.12 bits per heavy atom. The quantitative estimate of drug-likeness (QED) is 0.756. The van der Waals surface area contributed by atoms with E-state index in [2.05, 4.69) is 17.2 Å². The molecular formula is C19H28N2O5. The van der Waals surface area contributed by atoms with Gasteiger partial charge in [0.25, 0.3) is 5.91 Å². The molecule has 7 heteroatoms. The lowest BCUT2D eigenvalue weighted by atomic mass is 9.86. The molecule has 0 aromatic carbocycles. The van der Waals surface area contributed by atoms with Gasteiger partial charge in [0.1, 0.15) is 5.69 Å². The lowest BCUT2D eigenvalue weighted by molar-refractivity contribution is -0.125. The monoisotopic (exact) mass is 364 g/mol. The van der Waals surface area contributed by atoms with Crippen molar-refractivity contribution in [2.24, 2.45) is 5.92 Å². The van der Waals surface area contributed by atoms with E-state index in [-0.39, 0.29) is 30.9 Å². The fraction of sp³-hybridized carbons (Fsp3) is 0.632. The number of aromatic amines is 1. The summed E-state index contributed by atoms with van der Waals surface area (Å²) in [5.41, 5.74) is 1.50. The average Bonchev–Trinajstić information content (AvgIpc) is 2.89. The van der Waals surface area contributed by atoms with Gasteiger partial charge in [0.05, 0.1) is 12.2 Å². The van der Waals surface area contributed by atoms with Crippen molar-refractivity contribution in [2.75, 3.05) is 13.2 Å². The number of aryl methyl sites for hydroxylation is 1. The van der Waals surface area contributed by atoms with Crippen LogP contribution in [0, 0.1) is 19.8 Å².